The van der Waals surface area contributed by atoms with E-state index < -0.39 is 0 Å². The second kappa shape index (κ2) is 11.1. The molecule has 4 heteroatoms. The van der Waals surface area contributed by atoms with Crippen LogP contribution in [-0.4, -0.2) is 26.3 Å². The molecule has 3 rings (SSSR count). The number of aryl methyl sites for hydroxylation is 2. The monoisotopic (exact) mass is 375 g/mol. The molecule has 0 bridgehead atoms. The highest BCUT2D eigenvalue weighted by Gasteiger charge is 2.15. The van der Waals surface area contributed by atoms with Crippen molar-refractivity contribution in [3.63, 3.8) is 0 Å². The zero-order valence-electron chi connectivity index (χ0n) is 15.6. The van der Waals surface area contributed by atoms with Crippen molar-refractivity contribution in [2.75, 3.05) is 20.2 Å². The number of piperidine rings is 1. The molecule has 1 heterocycles. The van der Waals surface area contributed by atoms with Gasteiger partial charge in [0.15, 0.2) is 0 Å². The van der Waals surface area contributed by atoms with Crippen LogP contribution in [-0.2, 0) is 12.8 Å². The summed E-state index contributed by atoms with van der Waals surface area (Å²) >= 11 is 0. The maximum absolute atomic E-state index is 6.28. The molecule has 142 valence electrons. The third-order valence-corrected chi connectivity index (χ3v) is 4.89. The molecule has 1 aliphatic rings. The van der Waals surface area contributed by atoms with Crippen LogP contribution < -0.4 is 14.8 Å². The largest absolute Gasteiger partial charge is 0.496 e. The zero-order valence-corrected chi connectivity index (χ0v) is 16.4. The molecule has 2 aromatic rings. The van der Waals surface area contributed by atoms with Gasteiger partial charge in [-0.15, -0.1) is 12.4 Å². The second-order valence-corrected chi connectivity index (χ2v) is 6.69. The number of ether oxygens (including phenoxy) is 2. The number of halogens is 1. The first-order chi connectivity index (χ1) is 12.4. The molecular weight excluding hydrogens is 346 g/mol. The van der Waals surface area contributed by atoms with Gasteiger partial charge in [-0.2, -0.15) is 0 Å². The molecular formula is C22H30ClNO2. The van der Waals surface area contributed by atoms with E-state index >= 15 is 0 Å². The van der Waals surface area contributed by atoms with E-state index in [1.54, 1.807) is 7.11 Å². The van der Waals surface area contributed by atoms with Crippen molar-refractivity contribution in [3.05, 3.63) is 59.7 Å². The lowest BCUT2D eigenvalue weighted by Gasteiger charge is -2.25. The number of benzene rings is 2. The Labute approximate surface area is 163 Å². The van der Waals surface area contributed by atoms with E-state index in [1.165, 1.54) is 11.1 Å². The fraction of sp³-hybridized carbons (Fsp3) is 0.455. The summed E-state index contributed by atoms with van der Waals surface area (Å²) in [7, 11) is 1.74. The van der Waals surface area contributed by atoms with Gasteiger partial charge in [-0.3, -0.25) is 0 Å². The molecule has 1 N–H and O–H groups in total. The average Bonchev–Trinajstić information content (AvgIpc) is 2.67. The first-order valence-electron chi connectivity index (χ1n) is 9.44. The van der Waals surface area contributed by atoms with Crippen LogP contribution in [0.1, 0.15) is 36.8 Å². The molecule has 2 aromatic carbocycles. The van der Waals surface area contributed by atoms with E-state index in [0.717, 1.165) is 63.1 Å². The molecule has 0 amide bonds. The summed E-state index contributed by atoms with van der Waals surface area (Å²) < 4.78 is 11.7. The van der Waals surface area contributed by atoms with Gasteiger partial charge >= 0.3 is 0 Å². The first-order valence-corrected chi connectivity index (χ1v) is 9.44. The lowest BCUT2D eigenvalue weighted by Crippen LogP contribution is -2.34. The molecule has 0 radical (unpaired) electrons. The highest BCUT2D eigenvalue weighted by molar-refractivity contribution is 5.85. The highest BCUT2D eigenvalue weighted by atomic mass is 35.5. The first kappa shape index (κ1) is 20.6. The predicted octanol–water partition coefficient (Wildman–Crippen LogP) is 4.81. The number of hydrogen-bond acceptors (Lipinski definition) is 3. The maximum Gasteiger partial charge on any atom is 0.122 e. The van der Waals surface area contributed by atoms with Gasteiger partial charge in [-0.25, -0.2) is 0 Å². The van der Waals surface area contributed by atoms with Gasteiger partial charge < -0.3 is 14.8 Å². The van der Waals surface area contributed by atoms with Crippen molar-refractivity contribution < 1.29 is 9.47 Å². The molecule has 0 aromatic heterocycles. The van der Waals surface area contributed by atoms with Gasteiger partial charge in [0.1, 0.15) is 17.6 Å². The second-order valence-electron chi connectivity index (χ2n) is 6.69. The Kier molecular flexibility index (Phi) is 8.79. The summed E-state index contributed by atoms with van der Waals surface area (Å²) in [5.74, 6) is 2.07. The predicted molar refractivity (Wildman–Crippen MR) is 110 cm³/mol. The normalized spacial score (nSPS) is 14.5. The van der Waals surface area contributed by atoms with Crippen molar-refractivity contribution in [2.45, 2.75) is 44.6 Å². The number of unbranched alkanes of at least 4 members (excludes halogenated alkanes) is 1. The van der Waals surface area contributed by atoms with E-state index in [0.29, 0.717) is 6.10 Å². The quantitative estimate of drug-likeness (QED) is 0.671. The van der Waals surface area contributed by atoms with Crippen molar-refractivity contribution in [1.29, 1.82) is 0 Å². The minimum Gasteiger partial charge on any atom is -0.496 e. The van der Waals surface area contributed by atoms with Crippen molar-refractivity contribution in [2.24, 2.45) is 0 Å². The van der Waals surface area contributed by atoms with Gasteiger partial charge in [0, 0.05) is 0 Å². The van der Waals surface area contributed by atoms with E-state index in [1.807, 2.05) is 12.1 Å². The molecule has 3 nitrogen and oxygen atoms in total. The standard InChI is InChI=1S/C22H29NO2.ClH/c1-24-21-12-6-4-9-18(21)8-2-3-10-19-11-5-7-13-22(19)25-20-14-16-23-17-15-20;/h4-7,9,11-13,20,23H,2-3,8,10,14-17H2,1H3;1H. The van der Waals surface area contributed by atoms with Crippen LogP contribution in [0.15, 0.2) is 48.5 Å². The fourth-order valence-corrected chi connectivity index (χ4v) is 3.46. The number of methoxy groups -OCH3 is 1. The average molecular weight is 376 g/mol. The SMILES string of the molecule is COc1ccccc1CCCCc1ccccc1OC1CCNCC1.Cl. The molecule has 0 atom stereocenters. The fourth-order valence-electron chi connectivity index (χ4n) is 3.46. The Balaban J connectivity index is 0.00000243. The maximum atomic E-state index is 6.28. The Morgan fingerprint density at radius 2 is 1.38 bits per heavy atom. The van der Waals surface area contributed by atoms with Gasteiger partial charge in [0.25, 0.3) is 0 Å². The Morgan fingerprint density at radius 1 is 0.846 bits per heavy atom. The van der Waals surface area contributed by atoms with E-state index in [-0.39, 0.29) is 12.4 Å². The van der Waals surface area contributed by atoms with E-state index in [2.05, 4.69) is 41.7 Å². The van der Waals surface area contributed by atoms with Crippen LogP contribution in [0.2, 0.25) is 0 Å². The summed E-state index contributed by atoms with van der Waals surface area (Å²) in [6, 6.07) is 16.8. The van der Waals surface area contributed by atoms with Crippen molar-refractivity contribution in [1.82, 2.24) is 5.32 Å². The molecule has 26 heavy (non-hydrogen) atoms. The molecule has 0 unspecified atom stereocenters. The summed E-state index contributed by atoms with van der Waals surface area (Å²) in [6.45, 7) is 2.12. The third kappa shape index (κ3) is 5.93. The summed E-state index contributed by atoms with van der Waals surface area (Å²) in [5.41, 5.74) is 2.63. The Bertz CT molecular complexity index is 656. The van der Waals surface area contributed by atoms with Crippen LogP contribution in [0.3, 0.4) is 0 Å². The van der Waals surface area contributed by atoms with Gasteiger partial charge in [0.2, 0.25) is 0 Å². The highest BCUT2D eigenvalue weighted by Crippen LogP contribution is 2.25. The minimum absolute atomic E-state index is 0. The van der Waals surface area contributed by atoms with Crippen LogP contribution in [0.5, 0.6) is 11.5 Å². The Morgan fingerprint density at radius 3 is 2.00 bits per heavy atom. The van der Waals surface area contributed by atoms with Gasteiger partial charge in [-0.1, -0.05) is 36.4 Å². The molecule has 1 fully saturated rings. The molecule has 0 spiro atoms. The molecule has 0 saturated carbocycles. The van der Waals surface area contributed by atoms with Gasteiger partial charge in [-0.05, 0) is 74.9 Å². The minimum atomic E-state index is 0. The van der Waals surface area contributed by atoms with Crippen LogP contribution in [0.4, 0.5) is 0 Å². The van der Waals surface area contributed by atoms with Crippen LogP contribution in [0, 0.1) is 0 Å². The molecule has 1 saturated heterocycles. The van der Waals surface area contributed by atoms with Crippen LogP contribution in [0.25, 0.3) is 0 Å². The topological polar surface area (TPSA) is 30.5 Å². The lowest BCUT2D eigenvalue weighted by atomic mass is 10.0. The number of hydrogen-bond donors (Lipinski definition) is 1. The zero-order chi connectivity index (χ0) is 17.3. The number of rotatable bonds is 8. The van der Waals surface area contributed by atoms with E-state index in [4.69, 9.17) is 9.47 Å². The van der Waals surface area contributed by atoms with Crippen molar-refractivity contribution in [3.8, 4) is 11.5 Å². The number of nitrogens with one attached hydrogen (secondary N) is 1. The lowest BCUT2D eigenvalue weighted by molar-refractivity contribution is 0.161. The Hall–Kier alpha value is -1.71. The summed E-state index contributed by atoms with van der Waals surface area (Å²) in [5, 5.41) is 3.39. The van der Waals surface area contributed by atoms with E-state index in [9.17, 15) is 0 Å². The molecule has 0 aliphatic carbocycles. The third-order valence-electron chi connectivity index (χ3n) is 4.89. The number of para-hydroxylation sites is 2. The van der Waals surface area contributed by atoms with Crippen molar-refractivity contribution >= 4 is 12.4 Å². The smallest absolute Gasteiger partial charge is 0.122 e. The summed E-state index contributed by atoms with van der Waals surface area (Å²) in [6.07, 6.45) is 6.99. The molecule has 1 aliphatic heterocycles. The summed E-state index contributed by atoms with van der Waals surface area (Å²) in [4.78, 5) is 0. The van der Waals surface area contributed by atoms with Crippen LogP contribution >= 0.6 is 12.4 Å². The van der Waals surface area contributed by atoms with Gasteiger partial charge in [0.05, 0.1) is 7.11 Å².